The molecule has 0 aromatic heterocycles. The molecule has 1 aromatic rings. The minimum absolute atomic E-state index is 0.0535. The quantitative estimate of drug-likeness (QED) is 0.790. The maximum absolute atomic E-state index is 5.72. The van der Waals surface area contributed by atoms with Gasteiger partial charge in [-0.05, 0) is 18.6 Å². The molecule has 2 unspecified atom stereocenters. The lowest BCUT2D eigenvalue weighted by atomic mass is 10.2. The van der Waals surface area contributed by atoms with Crippen molar-refractivity contribution in [1.82, 2.24) is 5.32 Å². The normalized spacial score (nSPS) is 22.1. The van der Waals surface area contributed by atoms with E-state index in [1.165, 1.54) is 5.56 Å². The summed E-state index contributed by atoms with van der Waals surface area (Å²) in [5, 5.41) is 3.22. The van der Waals surface area contributed by atoms with Crippen molar-refractivity contribution >= 4 is 0 Å². The Kier molecular flexibility index (Phi) is 4.74. The Labute approximate surface area is 102 Å². The van der Waals surface area contributed by atoms with Gasteiger partial charge in [0.25, 0.3) is 0 Å². The van der Waals surface area contributed by atoms with Crippen LogP contribution in [-0.4, -0.2) is 25.5 Å². The van der Waals surface area contributed by atoms with E-state index >= 15 is 0 Å². The summed E-state index contributed by atoms with van der Waals surface area (Å²) in [6.45, 7) is 4.39. The summed E-state index contributed by atoms with van der Waals surface area (Å²) in [6, 6.07) is 10.2. The number of rotatable bonds is 5. The Morgan fingerprint density at radius 1 is 1.47 bits per heavy atom. The van der Waals surface area contributed by atoms with Gasteiger partial charge in [0.15, 0.2) is 0 Å². The van der Waals surface area contributed by atoms with E-state index in [-0.39, 0.29) is 12.3 Å². The third-order valence-corrected chi connectivity index (χ3v) is 2.66. The summed E-state index contributed by atoms with van der Waals surface area (Å²) in [5.41, 5.74) is 1.20. The molecule has 1 heterocycles. The smallest absolute Gasteiger partial charge is 0.127 e. The summed E-state index contributed by atoms with van der Waals surface area (Å²) in [6.07, 6.45) is 4.20. The highest BCUT2D eigenvalue weighted by Gasteiger charge is 2.10. The molecule has 1 aromatic carbocycles. The highest BCUT2D eigenvalue weighted by molar-refractivity contribution is 5.13. The van der Waals surface area contributed by atoms with E-state index in [4.69, 9.17) is 9.47 Å². The van der Waals surface area contributed by atoms with Crippen LogP contribution >= 0.6 is 0 Å². The monoisotopic (exact) mass is 233 g/mol. The average molecular weight is 233 g/mol. The van der Waals surface area contributed by atoms with Crippen LogP contribution in [0, 0.1) is 0 Å². The number of benzene rings is 1. The van der Waals surface area contributed by atoms with Crippen molar-refractivity contribution in [3.63, 3.8) is 0 Å². The molecule has 92 valence electrons. The van der Waals surface area contributed by atoms with E-state index in [1.54, 1.807) is 0 Å². The van der Waals surface area contributed by atoms with Crippen molar-refractivity contribution in [2.75, 3.05) is 13.2 Å². The Morgan fingerprint density at radius 3 is 3.00 bits per heavy atom. The van der Waals surface area contributed by atoms with Crippen LogP contribution in [0.25, 0.3) is 0 Å². The summed E-state index contributed by atoms with van der Waals surface area (Å²) in [5.74, 6) is 0. The van der Waals surface area contributed by atoms with Crippen molar-refractivity contribution in [1.29, 1.82) is 0 Å². The van der Waals surface area contributed by atoms with Crippen LogP contribution in [0.15, 0.2) is 42.5 Å². The van der Waals surface area contributed by atoms with Crippen LogP contribution < -0.4 is 5.32 Å². The van der Waals surface area contributed by atoms with Gasteiger partial charge in [-0.15, -0.1) is 0 Å². The molecule has 1 N–H and O–H groups in total. The minimum atomic E-state index is 0.0535. The Morgan fingerprint density at radius 2 is 2.29 bits per heavy atom. The summed E-state index contributed by atoms with van der Waals surface area (Å²) >= 11 is 0. The molecule has 0 spiro atoms. The zero-order chi connectivity index (χ0) is 11.9. The van der Waals surface area contributed by atoms with Crippen molar-refractivity contribution in [2.24, 2.45) is 0 Å². The largest absolute Gasteiger partial charge is 0.370 e. The molecule has 3 nitrogen and oxygen atoms in total. The first kappa shape index (κ1) is 12.3. The molecule has 1 aliphatic heterocycles. The van der Waals surface area contributed by atoms with Crippen molar-refractivity contribution < 1.29 is 9.47 Å². The third-order valence-electron chi connectivity index (χ3n) is 2.66. The molecular formula is C14H19NO2. The lowest BCUT2D eigenvalue weighted by Crippen LogP contribution is -2.20. The van der Waals surface area contributed by atoms with Crippen LogP contribution in [0.2, 0.25) is 0 Å². The van der Waals surface area contributed by atoms with E-state index < -0.39 is 0 Å². The van der Waals surface area contributed by atoms with Crippen LogP contribution in [0.4, 0.5) is 0 Å². The van der Waals surface area contributed by atoms with Gasteiger partial charge in [-0.3, -0.25) is 5.32 Å². The predicted octanol–water partition coefficient (Wildman–Crippen LogP) is 2.09. The van der Waals surface area contributed by atoms with Gasteiger partial charge in [0.05, 0.1) is 19.3 Å². The zero-order valence-corrected chi connectivity index (χ0v) is 10.1. The number of hydrogen-bond donors (Lipinski definition) is 1. The summed E-state index contributed by atoms with van der Waals surface area (Å²) < 4.78 is 11.1. The van der Waals surface area contributed by atoms with Crippen LogP contribution in [0.3, 0.4) is 0 Å². The minimum Gasteiger partial charge on any atom is -0.370 e. The van der Waals surface area contributed by atoms with Gasteiger partial charge in [-0.2, -0.15) is 0 Å². The third kappa shape index (κ3) is 4.30. The predicted molar refractivity (Wildman–Crippen MR) is 67.6 cm³/mol. The molecule has 17 heavy (non-hydrogen) atoms. The molecule has 0 saturated carbocycles. The van der Waals surface area contributed by atoms with Crippen molar-refractivity contribution in [2.45, 2.75) is 25.9 Å². The van der Waals surface area contributed by atoms with E-state index in [0.29, 0.717) is 6.61 Å². The molecular weight excluding hydrogens is 214 g/mol. The fourth-order valence-corrected chi connectivity index (χ4v) is 1.68. The molecule has 3 heteroatoms. The molecule has 1 saturated heterocycles. The van der Waals surface area contributed by atoms with E-state index in [2.05, 4.69) is 17.4 Å². The van der Waals surface area contributed by atoms with Gasteiger partial charge in [0.1, 0.15) is 6.23 Å². The van der Waals surface area contributed by atoms with E-state index in [1.807, 2.05) is 37.3 Å². The van der Waals surface area contributed by atoms with Gasteiger partial charge < -0.3 is 9.47 Å². The second-order valence-corrected chi connectivity index (χ2v) is 4.13. The maximum Gasteiger partial charge on any atom is 0.127 e. The fraction of sp³-hybridized carbons (Fsp3) is 0.429. The second kappa shape index (κ2) is 6.55. The molecule has 2 atom stereocenters. The fourth-order valence-electron chi connectivity index (χ4n) is 1.68. The molecule has 0 aliphatic carbocycles. The standard InChI is InChI=1S/C14H19NO2/c1-12(7-8-14-15-9-10-16-14)17-11-13-5-3-2-4-6-13/h2-8,12,14-15H,9-11H2,1H3/b8-7+. The second-order valence-electron chi connectivity index (χ2n) is 4.13. The molecule has 0 bridgehead atoms. The lowest BCUT2D eigenvalue weighted by molar-refractivity contribution is 0.0818. The van der Waals surface area contributed by atoms with Crippen LogP contribution in [-0.2, 0) is 16.1 Å². The topological polar surface area (TPSA) is 30.5 Å². The van der Waals surface area contributed by atoms with E-state index in [9.17, 15) is 0 Å². The Hall–Kier alpha value is -1.16. The number of nitrogens with one attached hydrogen (secondary N) is 1. The lowest BCUT2D eigenvalue weighted by Gasteiger charge is -2.10. The van der Waals surface area contributed by atoms with Crippen molar-refractivity contribution in [3.05, 3.63) is 48.0 Å². The summed E-state index contributed by atoms with van der Waals surface area (Å²) in [4.78, 5) is 0. The van der Waals surface area contributed by atoms with Gasteiger partial charge in [-0.25, -0.2) is 0 Å². The maximum atomic E-state index is 5.72. The van der Waals surface area contributed by atoms with E-state index in [0.717, 1.165) is 13.2 Å². The number of hydrogen-bond acceptors (Lipinski definition) is 3. The Bertz CT molecular complexity index is 344. The van der Waals surface area contributed by atoms with Gasteiger partial charge >= 0.3 is 0 Å². The van der Waals surface area contributed by atoms with Crippen molar-refractivity contribution in [3.8, 4) is 0 Å². The molecule has 0 amide bonds. The SMILES string of the molecule is CC(/C=C/C1NCCO1)OCc1ccccc1. The highest BCUT2D eigenvalue weighted by Crippen LogP contribution is 2.05. The molecule has 1 fully saturated rings. The first-order valence-corrected chi connectivity index (χ1v) is 6.03. The Balaban J connectivity index is 1.71. The average Bonchev–Trinajstić information content (AvgIpc) is 2.88. The van der Waals surface area contributed by atoms with Crippen LogP contribution in [0.5, 0.6) is 0 Å². The molecule has 2 rings (SSSR count). The van der Waals surface area contributed by atoms with Gasteiger partial charge in [0, 0.05) is 6.54 Å². The van der Waals surface area contributed by atoms with Crippen LogP contribution in [0.1, 0.15) is 12.5 Å². The highest BCUT2D eigenvalue weighted by atomic mass is 16.5. The first-order chi connectivity index (χ1) is 8.34. The van der Waals surface area contributed by atoms with Gasteiger partial charge in [-0.1, -0.05) is 36.4 Å². The number of ether oxygens (including phenoxy) is 2. The van der Waals surface area contributed by atoms with Gasteiger partial charge in [0.2, 0.25) is 0 Å². The summed E-state index contributed by atoms with van der Waals surface area (Å²) in [7, 11) is 0. The molecule has 1 aliphatic rings. The molecule has 0 radical (unpaired) electrons. The first-order valence-electron chi connectivity index (χ1n) is 6.03. The zero-order valence-electron chi connectivity index (χ0n) is 10.1.